The zero-order chi connectivity index (χ0) is 15.6. The molecule has 2 aromatic rings. The fraction of sp³-hybridized carbons (Fsp3) is 0.214. The minimum absolute atomic E-state index is 0.275. The number of rotatable bonds is 3. The molecule has 5 nitrogen and oxygen atoms in total. The van der Waals surface area contributed by atoms with Crippen LogP contribution < -0.4 is 0 Å². The van der Waals surface area contributed by atoms with Gasteiger partial charge in [0.1, 0.15) is 11.6 Å². The smallest absolute Gasteiger partial charge is 0.308 e. The third kappa shape index (κ3) is 3.83. The van der Waals surface area contributed by atoms with E-state index in [-0.39, 0.29) is 5.76 Å². The van der Waals surface area contributed by atoms with E-state index in [0.29, 0.717) is 27.3 Å². The maximum atomic E-state index is 11.3. The Morgan fingerprint density at radius 1 is 1.33 bits per heavy atom. The molecular formula is C14H13Cl2N3O2. The first-order valence-electron chi connectivity index (χ1n) is 6.12. The number of esters is 1. The molecule has 0 atom stereocenters. The first-order chi connectivity index (χ1) is 9.86. The number of halogens is 2. The van der Waals surface area contributed by atoms with E-state index in [9.17, 15) is 4.79 Å². The standard InChI is InChI=1S/C14H13Cl2N3O2/c1-8-17-9(2)19(18-8)7-14(21-10(3)20)12-5-4-11(15)6-13(12)16/h4-7H,1-3H3/b14-7-. The third-order valence-corrected chi connectivity index (χ3v) is 3.15. The van der Waals surface area contributed by atoms with E-state index in [2.05, 4.69) is 10.1 Å². The Morgan fingerprint density at radius 2 is 2.05 bits per heavy atom. The maximum absolute atomic E-state index is 11.3. The Hall–Kier alpha value is -1.85. The number of benzene rings is 1. The Bertz CT molecular complexity index is 723. The zero-order valence-corrected chi connectivity index (χ0v) is 13.2. The van der Waals surface area contributed by atoms with Gasteiger partial charge in [-0.2, -0.15) is 5.10 Å². The summed E-state index contributed by atoms with van der Waals surface area (Å²) >= 11 is 12.0. The van der Waals surface area contributed by atoms with E-state index in [1.54, 1.807) is 38.2 Å². The largest absolute Gasteiger partial charge is 0.424 e. The molecule has 1 heterocycles. The predicted molar refractivity (Wildman–Crippen MR) is 81.9 cm³/mol. The molecule has 1 aromatic heterocycles. The van der Waals surface area contributed by atoms with Gasteiger partial charge in [0.05, 0.1) is 11.2 Å². The second-order valence-corrected chi connectivity index (χ2v) is 5.21. The first kappa shape index (κ1) is 15.5. The van der Waals surface area contributed by atoms with Crippen LogP contribution in [-0.4, -0.2) is 20.7 Å². The van der Waals surface area contributed by atoms with Crippen LogP contribution in [0, 0.1) is 13.8 Å². The Labute approximate surface area is 132 Å². The molecule has 0 radical (unpaired) electrons. The summed E-state index contributed by atoms with van der Waals surface area (Å²) in [5, 5.41) is 5.08. The second kappa shape index (κ2) is 6.28. The molecule has 0 aliphatic rings. The van der Waals surface area contributed by atoms with Crippen LogP contribution in [0.3, 0.4) is 0 Å². The van der Waals surface area contributed by atoms with Gasteiger partial charge < -0.3 is 4.74 Å². The van der Waals surface area contributed by atoms with Gasteiger partial charge in [0.2, 0.25) is 0 Å². The highest BCUT2D eigenvalue weighted by Crippen LogP contribution is 2.28. The van der Waals surface area contributed by atoms with E-state index < -0.39 is 5.97 Å². The number of hydrogen-bond donors (Lipinski definition) is 0. The average Bonchev–Trinajstić information content (AvgIpc) is 2.66. The van der Waals surface area contributed by atoms with Crippen molar-refractivity contribution in [3.05, 3.63) is 45.5 Å². The Kier molecular flexibility index (Phi) is 4.65. The molecule has 1 aromatic carbocycles. The lowest BCUT2D eigenvalue weighted by Gasteiger charge is -2.10. The summed E-state index contributed by atoms with van der Waals surface area (Å²) in [5.41, 5.74) is 0.545. The van der Waals surface area contributed by atoms with Crippen molar-refractivity contribution in [2.24, 2.45) is 0 Å². The van der Waals surface area contributed by atoms with Gasteiger partial charge in [-0.05, 0) is 32.0 Å². The van der Waals surface area contributed by atoms with Gasteiger partial charge in [-0.3, -0.25) is 4.79 Å². The molecule has 0 spiro atoms. The molecule has 0 bridgehead atoms. The topological polar surface area (TPSA) is 57.0 Å². The summed E-state index contributed by atoms with van der Waals surface area (Å²) in [7, 11) is 0. The number of hydrogen-bond acceptors (Lipinski definition) is 4. The van der Waals surface area contributed by atoms with Gasteiger partial charge >= 0.3 is 5.97 Å². The van der Waals surface area contributed by atoms with Gasteiger partial charge in [0.15, 0.2) is 5.76 Å². The lowest BCUT2D eigenvalue weighted by atomic mass is 10.2. The molecule has 0 aliphatic heterocycles. The molecule has 0 fully saturated rings. The molecule has 0 saturated heterocycles. The molecule has 2 rings (SSSR count). The summed E-state index contributed by atoms with van der Waals surface area (Å²) in [4.78, 5) is 15.5. The Balaban J connectivity index is 2.52. The number of carbonyl (C=O) groups is 1. The monoisotopic (exact) mass is 325 g/mol. The van der Waals surface area contributed by atoms with Gasteiger partial charge in [-0.1, -0.05) is 23.2 Å². The highest BCUT2D eigenvalue weighted by Gasteiger charge is 2.13. The Morgan fingerprint density at radius 3 is 2.57 bits per heavy atom. The number of nitrogens with zero attached hydrogens (tertiary/aromatic N) is 3. The van der Waals surface area contributed by atoms with E-state index >= 15 is 0 Å². The van der Waals surface area contributed by atoms with E-state index in [4.69, 9.17) is 27.9 Å². The van der Waals surface area contributed by atoms with Crippen molar-refractivity contribution in [1.82, 2.24) is 14.8 Å². The van der Waals surface area contributed by atoms with E-state index in [1.807, 2.05) is 0 Å². The summed E-state index contributed by atoms with van der Waals surface area (Å²) in [5.74, 6) is 1.11. The number of aromatic nitrogens is 3. The van der Waals surface area contributed by atoms with Crippen LogP contribution >= 0.6 is 23.2 Å². The molecule has 110 valence electrons. The van der Waals surface area contributed by atoms with Crippen LogP contribution in [0.5, 0.6) is 0 Å². The lowest BCUT2D eigenvalue weighted by Crippen LogP contribution is -2.02. The van der Waals surface area contributed by atoms with Crippen molar-refractivity contribution < 1.29 is 9.53 Å². The van der Waals surface area contributed by atoms with Crippen molar-refractivity contribution in [2.45, 2.75) is 20.8 Å². The second-order valence-electron chi connectivity index (χ2n) is 4.36. The fourth-order valence-electron chi connectivity index (χ4n) is 1.76. The predicted octanol–water partition coefficient (Wildman–Crippen LogP) is 3.72. The number of ether oxygens (including phenoxy) is 1. The van der Waals surface area contributed by atoms with Crippen LogP contribution in [0.25, 0.3) is 12.0 Å². The van der Waals surface area contributed by atoms with Gasteiger partial charge in [-0.15, -0.1) is 0 Å². The van der Waals surface area contributed by atoms with Crippen molar-refractivity contribution in [2.75, 3.05) is 0 Å². The fourth-order valence-corrected chi connectivity index (χ4v) is 2.27. The van der Waals surface area contributed by atoms with Crippen LogP contribution in [0.2, 0.25) is 10.0 Å². The van der Waals surface area contributed by atoms with Crippen molar-refractivity contribution in [1.29, 1.82) is 0 Å². The zero-order valence-electron chi connectivity index (χ0n) is 11.7. The van der Waals surface area contributed by atoms with Crippen molar-refractivity contribution >= 4 is 41.1 Å². The SMILES string of the molecule is CC(=O)O/C(=C\n1nc(C)nc1C)c1ccc(Cl)cc1Cl. The van der Waals surface area contributed by atoms with Gasteiger partial charge in [0, 0.05) is 17.5 Å². The van der Waals surface area contributed by atoms with E-state index in [1.165, 1.54) is 11.6 Å². The number of carbonyl (C=O) groups excluding carboxylic acids is 1. The molecule has 0 N–H and O–H groups in total. The average molecular weight is 326 g/mol. The molecule has 0 saturated carbocycles. The summed E-state index contributed by atoms with van der Waals surface area (Å²) in [6.45, 7) is 4.89. The van der Waals surface area contributed by atoms with E-state index in [0.717, 1.165) is 0 Å². The maximum Gasteiger partial charge on any atom is 0.308 e. The third-order valence-electron chi connectivity index (χ3n) is 2.60. The summed E-state index contributed by atoms with van der Waals surface area (Å²) < 4.78 is 6.76. The van der Waals surface area contributed by atoms with Crippen LogP contribution in [0.4, 0.5) is 0 Å². The molecular weight excluding hydrogens is 313 g/mol. The molecule has 7 heteroatoms. The van der Waals surface area contributed by atoms with Crippen LogP contribution in [0.1, 0.15) is 24.1 Å². The van der Waals surface area contributed by atoms with Crippen molar-refractivity contribution in [3.63, 3.8) is 0 Å². The molecule has 0 unspecified atom stereocenters. The minimum Gasteiger partial charge on any atom is -0.424 e. The highest BCUT2D eigenvalue weighted by atomic mass is 35.5. The molecule has 0 aliphatic carbocycles. The molecule has 21 heavy (non-hydrogen) atoms. The highest BCUT2D eigenvalue weighted by molar-refractivity contribution is 6.35. The van der Waals surface area contributed by atoms with Crippen LogP contribution in [0.15, 0.2) is 18.2 Å². The lowest BCUT2D eigenvalue weighted by molar-refractivity contribution is -0.134. The first-order valence-corrected chi connectivity index (χ1v) is 6.88. The summed E-state index contributed by atoms with van der Waals surface area (Å²) in [6.07, 6.45) is 1.56. The van der Waals surface area contributed by atoms with Gasteiger partial charge in [-0.25, -0.2) is 9.67 Å². The summed E-state index contributed by atoms with van der Waals surface area (Å²) in [6, 6.07) is 4.92. The number of aryl methyl sites for hydroxylation is 2. The van der Waals surface area contributed by atoms with Crippen molar-refractivity contribution in [3.8, 4) is 0 Å². The minimum atomic E-state index is -0.457. The van der Waals surface area contributed by atoms with Gasteiger partial charge in [0.25, 0.3) is 0 Å². The van der Waals surface area contributed by atoms with Crippen LogP contribution in [-0.2, 0) is 9.53 Å². The normalized spacial score (nSPS) is 11.6. The quantitative estimate of drug-likeness (QED) is 0.637. The molecule has 0 amide bonds.